The average Bonchev–Trinajstić information content (AvgIpc) is 2.82. The van der Waals surface area contributed by atoms with Crippen molar-refractivity contribution in [1.82, 2.24) is 0 Å². The van der Waals surface area contributed by atoms with Gasteiger partial charge in [0.1, 0.15) is 23.7 Å². The van der Waals surface area contributed by atoms with Crippen LogP contribution in [0.25, 0.3) is 11.0 Å². The summed E-state index contributed by atoms with van der Waals surface area (Å²) in [6.07, 6.45) is -4.99. The highest BCUT2D eigenvalue weighted by Crippen LogP contribution is 2.39. The molecule has 0 aliphatic heterocycles. The molecule has 1 aromatic heterocycles. The fourth-order valence-corrected chi connectivity index (χ4v) is 4.18. The number of benzene rings is 3. The number of ether oxygens (including phenoxy) is 2. The standard InChI is InChI=1S/C27H20Cl3F3O4/c1-26(2,3)14-4-6-15(7-5-14)36-24-23(34)17-9-8-16(12-21(17)37-25(24)27(31,32)33)35-13-18-19(28)10-11-20(29)22(18)30/h4-12H,13H2,1-3H3. The van der Waals surface area contributed by atoms with Gasteiger partial charge in [0.15, 0.2) is 0 Å². The minimum atomic E-state index is -4.99. The van der Waals surface area contributed by atoms with Crippen LogP contribution in [-0.4, -0.2) is 0 Å². The molecule has 4 rings (SSSR count). The predicted molar refractivity (Wildman–Crippen MR) is 139 cm³/mol. The van der Waals surface area contributed by atoms with Crippen LogP contribution in [0.4, 0.5) is 13.2 Å². The van der Waals surface area contributed by atoms with Gasteiger partial charge in [-0.05, 0) is 47.4 Å². The Bertz CT molecular complexity index is 1520. The van der Waals surface area contributed by atoms with Gasteiger partial charge in [0.25, 0.3) is 5.76 Å². The fourth-order valence-electron chi connectivity index (χ4n) is 3.52. The van der Waals surface area contributed by atoms with E-state index < -0.39 is 23.1 Å². The van der Waals surface area contributed by atoms with E-state index in [1.807, 2.05) is 20.8 Å². The molecule has 0 amide bonds. The number of alkyl halides is 3. The summed E-state index contributed by atoms with van der Waals surface area (Å²) in [7, 11) is 0. The third-order valence-corrected chi connectivity index (χ3v) is 6.74. The van der Waals surface area contributed by atoms with Crippen LogP contribution < -0.4 is 14.9 Å². The molecule has 4 aromatic rings. The molecule has 0 saturated heterocycles. The first-order valence-corrected chi connectivity index (χ1v) is 12.1. The Kier molecular flexibility index (Phi) is 7.43. The molecule has 0 saturated carbocycles. The molecule has 37 heavy (non-hydrogen) atoms. The molecule has 0 aliphatic rings. The van der Waals surface area contributed by atoms with E-state index in [0.29, 0.717) is 10.6 Å². The largest absolute Gasteiger partial charge is 0.489 e. The van der Waals surface area contributed by atoms with E-state index in [9.17, 15) is 18.0 Å². The molecule has 0 spiro atoms. The van der Waals surface area contributed by atoms with Crippen molar-refractivity contribution in [1.29, 1.82) is 0 Å². The van der Waals surface area contributed by atoms with Gasteiger partial charge in [-0.2, -0.15) is 13.2 Å². The summed E-state index contributed by atoms with van der Waals surface area (Å²) < 4.78 is 57.9. The monoisotopic (exact) mass is 570 g/mol. The second-order valence-corrected chi connectivity index (χ2v) is 10.4. The quantitative estimate of drug-likeness (QED) is 0.224. The molecule has 10 heteroatoms. The minimum absolute atomic E-state index is 0.0698. The van der Waals surface area contributed by atoms with Crippen molar-refractivity contribution in [2.75, 3.05) is 0 Å². The van der Waals surface area contributed by atoms with Crippen molar-refractivity contribution < 1.29 is 27.1 Å². The summed E-state index contributed by atoms with van der Waals surface area (Å²) in [5.41, 5.74) is -0.112. The summed E-state index contributed by atoms with van der Waals surface area (Å²) in [6.45, 7) is 5.88. The number of hydrogen-bond acceptors (Lipinski definition) is 4. The molecular weight excluding hydrogens is 552 g/mol. The lowest BCUT2D eigenvalue weighted by atomic mass is 9.87. The zero-order valence-corrected chi connectivity index (χ0v) is 22.1. The van der Waals surface area contributed by atoms with Gasteiger partial charge >= 0.3 is 6.18 Å². The van der Waals surface area contributed by atoms with Crippen LogP contribution in [0.1, 0.15) is 37.7 Å². The lowest BCUT2D eigenvalue weighted by molar-refractivity contribution is -0.154. The molecule has 4 nitrogen and oxygen atoms in total. The molecule has 0 bridgehead atoms. The van der Waals surface area contributed by atoms with Gasteiger partial charge < -0.3 is 13.9 Å². The SMILES string of the molecule is CC(C)(C)c1ccc(Oc2c(C(F)(F)F)oc3cc(OCc4c(Cl)ccc(Cl)c4Cl)ccc3c2=O)cc1. The Hall–Kier alpha value is -2.87. The molecule has 0 fully saturated rings. The van der Waals surface area contributed by atoms with Gasteiger partial charge in [0.05, 0.1) is 15.4 Å². The van der Waals surface area contributed by atoms with E-state index >= 15 is 0 Å². The molecule has 194 valence electrons. The van der Waals surface area contributed by atoms with Gasteiger partial charge in [-0.25, -0.2) is 0 Å². The van der Waals surface area contributed by atoms with Gasteiger partial charge in [-0.15, -0.1) is 0 Å². The van der Waals surface area contributed by atoms with E-state index in [0.717, 1.165) is 5.56 Å². The highest BCUT2D eigenvalue weighted by atomic mass is 35.5. The highest BCUT2D eigenvalue weighted by Gasteiger charge is 2.40. The maximum atomic E-state index is 13.9. The van der Waals surface area contributed by atoms with Gasteiger partial charge in [-0.3, -0.25) is 4.79 Å². The number of halogens is 6. The van der Waals surface area contributed by atoms with E-state index in [4.69, 9.17) is 48.7 Å². The molecule has 0 radical (unpaired) electrons. The highest BCUT2D eigenvalue weighted by molar-refractivity contribution is 6.44. The fraction of sp³-hybridized carbons (Fsp3) is 0.222. The third-order valence-electron chi connectivity index (χ3n) is 5.54. The summed E-state index contributed by atoms with van der Waals surface area (Å²) in [4.78, 5) is 13.1. The first-order chi connectivity index (χ1) is 17.3. The molecule has 0 unspecified atom stereocenters. The van der Waals surface area contributed by atoms with Crippen molar-refractivity contribution in [2.24, 2.45) is 0 Å². The first kappa shape index (κ1) is 27.2. The van der Waals surface area contributed by atoms with Crippen LogP contribution >= 0.6 is 34.8 Å². The summed E-state index contributed by atoms with van der Waals surface area (Å²) in [5.74, 6) is -2.31. The van der Waals surface area contributed by atoms with Gasteiger partial charge in [-0.1, -0.05) is 67.7 Å². The van der Waals surface area contributed by atoms with Gasteiger partial charge in [0.2, 0.25) is 11.2 Å². The predicted octanol–water partition coefficient (Wildman–Crippen LogP) is 9.44. The third kappa shape index (κ3) is 5.84. The normalized spacial score (nSPS) is 12.1. The van der Waals surface area contributed by atoms with Crippen LogP contribution in [-0.2, 0) is 18.2 Å². The van der Waals surface area contributed by atoms with Crippen LogP contribution in [0, 0.1) is 0 Å². The summed E-state index contributed by atoms with van der Waals surface area (Å²) >= 11 is 18.3. The lowest BCUT2D eigenvalue weighted by Gasteiger charge is -2.19. The average molecular weight is 572 g/mol. The second-order valence-electron chi connectivity index (χ2n) is 9.23. The van der Waals surface area contributed by atoms with Crippen LogP contribution in [0.5, 0.6) is 17.2 Å². The van der Waals surface area contributed by atoms with Crippen molar-refractivity contribution in [3.8, 4) is 17.2 Å². The van der Waals surface area contributed by atoms with Crippen LogP contribution in [0.3, 0.4) is 0 Å². The van der Waals surface area contributed by atoms with Crippen molar-refractivity contribution in [3.05, 3.63) is 96.8 Å². The maximum Gasteiger partial charge on any atom is 0.453 e. The number of fused-ring (bicyclic) bond motifs is 1. The smallest absolute Gasteiger partial charge is 0.453 e. The lowest BCUT2D eigenvalue weighted by Crippen LogP contribution is -2.15. The Balaban J connectivity index is 1.70. The Morgan fingerprint density at radius 3 is 2.11 bits per heavy atom. The number of hydrogen-bond donors (Lipinski definition) is 0. The summed E-state index contributed by atoms with van der Waals surface area (Å²) in [6, 6.07) is 13.4. The van der Waals surface area contributed by atoms with E-state index in [-0.39, 0.29) is 44.5 Å². The molecule has 0 aliphatic carbocycles. The molecular formula is C27H20Cl3F3O4. The summed E-state index contributed by atoms with van der Waals surface area (Å²) in [5, 5.41) is 0.654. The van der Waals surface area contributed by atoms with Crippen LogP contribution in [0.15, 0.2) is 63.8 Å². The van der Waals surface area contributed by atoms with E-state index in [1.165, 1.54) is 36.4 Å². The first-order valence-electron chi connectivity index (χ1n) is 11.0. The molecule has 0 atom stereocenters. The zero-order valence-electron chi connectivity index (χ0n) is 19.8. The second kappa shape index (κ2) is 10.1. The maximum absolute atomic E-state index is 13.9. The minimum Gasteiger partial charge on any atom is -0.489 e. The van der Waals surface area contributed by atoms with Crippen molar-refractivity contribution in [3.63, 3.8) is 0 Å². The van der Waals surface area contributed by atoms with E-state index in [1.54, 1.807) is 18.2 Å². The Morgan fingerprint density at radius 1 is 0.865 bits per heavy atom. The molecule has 1 heterocycles. The van der Waals surface area contributed by atoms with Crippen molar-refractivity contribution >= 4 is 45.8 Å². The van der Waals surface area contributed by atoms with E-state index in [2.05, 4.69) is 0 Å². The Labute approximate surface area is 225 Å². The topological polar surface area (TPSA) is 48.7 Å². The number of rotatable bonds is 5. The van der Waals surface area contributed by atoms with Crippen LogP contribution in [0.2, 0.25) is 15.1 Å². The van der Waals surface area contributed by atoms with Crippen molar-refractivity contribution in [2.45, 2.75) is 39.0 Å². The molecule has 0 N–H and O–H groups in total. The zero-order chi connectivity index (χ0) is 27.1. The molecule has 3 aromatic carbocycles. The van der Waals surface area contributed by atoms with Gasteiger partial charge in [0, 0.05) is 16.7 Å². The Morgan fingerprint density at radius 2 is 1.49 bits per heavy atom.